The Morgan fingerprint density at radius 2 is 1.67 bits per heavy atom. The first-order valence-electron chi connectivity index (χ1n) is 14.5. The zero-order valence-corrected chi connectivity index (χ0v) is 27.6. The first-order chi connectivity index (χ1) is 20.4. The van der Waals surface area contributed by atoms with Crippen molar-refractivity contribution in [3.05, 3.63) is 99.0 Å². The Morgan fingerprint density at radius 1 is 0.953 bits per heavy atom. The van der Waals surface area contributed by atoms with Gasteiger partial charge in [0, 0.05) is 42.5 Å². The molecule has 0 bridgehead atoms. The van der Waals surface area contributed by atoms with Crippen molar-refractivity contribution in [2.45, 2.75) is 65.5 Å². The van der Waals surface area contributed by atoms with E-state index >= 15 is 0 Å². The van der Waals surface area contributed by atoms with Gasteiger partial charge in [-0.15, -0.1) is 0 Å². The molecule has 3 rings (SSSR count). The second-order valence-corrected chi connectivity index (χ2v) is 13.5. The molecule has 0 fully saturated rings. The summed E-state index contributed by atoms with van der Waals surface area (Å²) < 4.78 is 26.9. The van der Waals surface area contributed by atoms with Gasteiger partial charge in [-0.25, -0.2) is 8.42 Å². The standard InChI is InChI=1S/C33H41Cl2N3O4S/c1-5-6-19-36-33(40)31(21-26-13-8-7-9-14-26)37(23-27-17-18-28(34)22-29(27)35)32(39)16-11-20-38(43(4,41)42)30-15-10-12-24(2)25(30)3/h7-10,12-15,17-18,22,31H,5-6,11,16,19-21,23H2,1-4H3,(H,36,40)/t31-/m1/s1. The zero-order chi connectivity index (χ0) is 31.6. The molecule has 3 aromatic rings. The van der Waals surface area contributed by atoms with E-state index in [1.165, 1.54) is 10.6 Å². The predicted molar refractivity (Wildman–Crippen MR) is 176 cm³/mol. The molecule has 0 saturated heterocycles. The SMILES string of the molecule is CCCCNC(=O)[C@@H](Cc1ccccc1)N(Cc1ccc(Cl)cc1Cl)C(=O)CCCN(c1cccc(C)c1C)S(C)(=O)=O. The van der Waals surface area contributed by atoms with E-state index in [2.05, 4.69) is 5.32 Å². The summed E-state index contributed by atoms with van der Waals surface area (Å²) >= 11 is 12.7. The van der Waals surface area contributed by atoms with E-state index in [0.717, 1.165) is 29.5 Å². The average Bonchev–Trinajstić information content (AvgIpc) is 2.95. The Kier molecular flexibility index (Phi) is 12.9. The molecule has 0 saturated carbocycles. The highest BCUT2D eigenvalue weighted by molar-refractivity contribution is 7.92. The number of aryl methyl sites for hydroxylation is 1. The lowest BCUT2D eigenvalue weighted by atomic mass is 10.0. The van der Waals surface area contributed by atoms with Gasteiger partial charge in [0.15, 0.2) is 0 Å². The Hall–Kier alpha value is -3.07. The molecule has 0 aliphatic rings. The van der Waals surface area contributed by atoms with Gasteiger partial charge >= 0.3 is 0 Å². The first-order valence-corrected chi connectivity index (χ1v) is 17.1. The number of hydrogen-bond acceptors (Lipinski definition) is 4. The number of rotatable bonds is 15. The Morgan fingerprint density at radius 3 is 2.33 bits per heavy atom. The number of carbonyl (C=O) groups is 2. The minimum absolute atomic E-state index is 0.0373. The smallest absolute Gasteiger partial charge is 0.243 e. The lowest BCUT2D eigenvalue weighted by molar-refractivity contribution is -0.141. The molecule has 1 N–H and O–H groups in total. The third-order valence-electron chi connectivity index (χ3n) is 7.45. The fraction of sp³-hybridized carbons (Fsp3) is 0.394. The van der Waals surface area contributed by atoms with Gasteiger partial charge in [-0.1, -0.05) is 85.1 Å². The van der Waals surface area contributed by atoms with E-state index in [4.69, 9.17) is 23.2 Å². The minimum atomic E-state index is -3.60. The van der Waals surface area contributed by atoms with Crippen LogP contribution in [-0.4, -0.2) is 50.5 Å². The number of unbranched alkanes of at least 4 members (excludes halogenated alkanes) is 1. The summed E-state index contributed by atoms with van der Waals surface area (Å²) in [6.07, 6.45) is 3.52. The van der Waals surface area contributed by atoms with Gasteiger partial charge in [-0.2, -0.15) is 0 Å². The fourth-order valence-corrected chi connectivity index (χ4v) is 6.37. The molecule has 3 aromatic carbocycles. The largest absolute Gasteiger partial charge is 0.354 e. The van der Waals surface area contributed by atoms with Crippen molar-refractivity contribution < 1.29 is 18.0 Å². The van der Waals surface area contributed by atoms with Crippen molar-refractivity contribution in [1.29, 1.82) is 0 Å². The van der Waals surface area contributed by atoms with Crippen LogP contribution in [0.5, 0.6) is 0 Å². The molecule has 0 aromatic heterocycles. The maximum Gasteiger partial charge on any atom is 0.243 e. The Labute approximate surface area is 266 Å². The number of hydrogen-bond donors (Lipinski definition) is 1. The van der Waals surface area contributed by atoms with Crippen LogP contribution in [0.15, 0.2) is 66.7 Å². The second-order valence-electron chi connectivity index (χ2n) is 10.8. The van der Waals surface area contributed by atoms with Gasteiger partial charge in [-0.05, 0) is 67.1 Å². The van der Waals surface area contributed by atoms with Crippen molar-refractivity contribution in [3.63, 3.8) is 0 Å². The van der Waals surface area contributed by atoms with Crippen LogP contribution >= 0.6 is 23.2 Å². The maximum atomic E-state index is 14.0. The summed E-state index contributed by atoms with van der Waals surface area (Å²) in [6.45, 7) is 6.59. The molecular formula is C33H41Cl2N3O4S. The highest BCUT2D eigenvalue weighted by atomic mass is 35.5. The van der Waals surface area contributed by atoms with E-state index in [1.807, 2.05) is 63.2 Å². The van der Waals surface area contributed by atoms with E-state index in [1.54, 1.807) is 29.2 Å². The van der Waals surface area contributed by atoms with E-state index in [9.17, 15) is 18.0 Å². The van der Waals surface area contributed by atoms with E-state index in [0.29, 0.717) is 34.3 Å². The van der Waals surface area contributed by atoms with Gasteiger partial charge in [0.2, 0.25) is 21.8 Å². The van der Waals surface area contributed by atoms with Crippen LogP contribution in [0, 0.1) is 13.8 Å². The number of benzene rings is 3. The van der Waals surface area contributed by atoms with Gasteiger partial charge in [-0.3, -0.25) is 13.9 Å². The fourth-order valence-electron chi connectivity index (χ4n) is 4.88. The normalized spacial score (nSPS) is 12.0. The molecule has 10 heteroatoms. The summed E-state index contributed by atoms with van der Waals surface area (Å²) in [4.78, 5) is 29.2. The molecule has 0 aliphatic carbocycles. The lowest BCUT2D eigenvalue weighted by Crippen LogP contribution is -2.50. The molecule has 0 radical (unpaired) electrons. The maximum absolute atomic E-state index is 14.0. The van der Waals surface area contributed by atoms with Gasteiger partial charge in [0.25, 0.3) is 0 Å². The average molecular weight is 647 g/mol. The number of nitrogens with zero attached hydrogens (tertiary/aromatic N) is 2. The van der Waals surface area contributed by atoms with E-state index < -0.39 is 16.1 Å². The highest BCUT2D eigenvalue weighted by Crippen LogP contribution is 2.27. The number of halogens is 2. The molecule has 0 spiro atoms. The summed E-state index contributed by atoms with van der Waals surface area (Å²) in [6, 6.07) is 19.4. The molecule has 43 heavy (non-hydrogen) atoms. The van der Waals surface area contributed by atoms with Crippen LogP contribution in [0.2, 0.25) is 10.0 Å². The van der Waals surface area contributed by atoms with Gasteiger partial charge in [0.1, 0.15) is 6.04 Å². The number of nitrogens with one attached hydrogen (secondary N) is 1. The van der Waals surface area contributed by atoms with Crippen LogP contribution < -0.4 is 9.62 Å². The summed E-state index contributed by atoms with van der Waals surface area (Å²) in [7, 11) is -3.60. The third-order valence-corrected chi connectivity index (χ3v) is 9.22. The topological polar surface area (TPSA) is 86.8 Å². The molecule has 2 amide bonds. The van der Waals surface area contributed by atoms with Crippen LogP contribution in [0.3, 0.4) is 0 Å². The molecule has 0 aliphatic heterocycles. The summed E-state index contributed by atoms with van der Waals surface area (Å²) in [5, 5.41) is 3.87. The monoisotopic (exact) mass is 645 g/mol. The number of anilines is 1. The van der Waals surface area contributed by atoms with Gasteiger partial charge < -0.3 is 10.2 Å². The van der Waals surface area contributed by atoms with E-state index in [-0.39, 0.29) is 37.7 Å². The van der Waals surface area contributed by atoms with Crippen molar-refractivity contribution in [2.24, 2.45) is 0 Å². The van der Waals surface area contributed by atoms with Gasteiger partial charge in [0.05, 0.1) is 11.9 Å². The Bertz CT molecular complexity index is 1500. The minimum Gasteiger partial charge on any atom is -0.354 e. The number of carbonyl (C=O) groups excluding carboxylic acids is 2. The molecular weight excluding hydrogens is 605 g/mol. The molecule has 1 atom stereocenters. The molecule has 232 valence electrons. The number of amides is 2. The van der Waals surface area contributed by atoms with Crippen LogP contribution in [-0.2, 0) is 32.6 Å². The lowest BCUT2D eigenvalue weighted by Gasteiger charge is -2.32. The second kappa shape index (κ2) is 16.1. The number of sulfonamides is 1. The van der Waals surface area contributed by atoms with Crippen molar-refractivity contribution in [2.75, 3.05) is 23.7 Å². The van der Waals surface area contributed by atoms with Crippen molar-refractivity contribution in [1.82, 2.24) is 10.2 Å². The van der Waals surface area contributed by atoms with Crippen molar-refractivity contribution >= 4 is 50.7 Å². The summed E-state index contributed by atoms with van der Waals surface area (Å²) in [5.74, 6) is -0.518. The Balaban J connectivity index is 1.92. The predicted octanol–water partition coefficient (Wildman–Crippen LogP) is 6.71. The zero-order valence-electron chi connectivity index (χ0n) is 25.3. The third kappa shape index (κ3) is 9.98. The van der Waals surface area contributed by atoms with Crippen LogP contribution in [0.1, 0.15) is 54.9 Å². The first kappa shape index (κ1) is 34.4. The quantitative estimate of drug-likeness (QED) is 0.186. The molecule has 0 unspecified atom stereocenters. The van der Waals surface area contributed by atoms with Crippen molar-refractivity contribution in [3.8, 4) is 0 Å². The highest BCUT2D eigenvalue weighted by Gasteiger charge is 2.31. The molecule has 7 nitrogen and oxygen atoms in total. The molecule has 0 heterocycles. The van der Waals surface area contributed by atoms with Crippen LogP contribution in [0.4, 0.5) is 5.69 Å². The van der Waals surface area contributed by atoms with Crippen LogP contribution in [0.25, 0.3) is 0 Å². The summed E-state index contributed by atoms with van der Waals surface area (Å²) in [5.41, 5.74) is 4.01.